The standard InChI is InChI=1S/C22H29ClN2O3S/c1-6-17-9-11-18(12-10-17)16(4)24-22(26)21(7-2)25(29(5,27)28)19-13-8-15(3)20(23)14-19/h8-14,16,21H,6-7H2,1-5H3,(H,24,26)/t16-,21-/m1/s1. The normalized spacial score (nSPS) is 13.6. The molecule has 1 N–H and O–H groups in total. The molecule has 7 heteroatoms. The predicted molar refractivity (Wildman–Crippen MR) is 120 cm³/mol. The number of anilines is 1. The Hall–Kier alpha value is -2.05. The first-order valence-corrected chi connectivity index (χ1v) is 12.0. The summed E-state index contributed by atoms with van der Waals surface area (Å²) in [6, 6.07) is 11.9. The summed E-state index contributed by atoms with van der Waals surface area (Å²) in [6.07, 6.45) is 2.37. The number of amides is 1. The van der Waals surface area contributed by atoms with Gasteiger partial charge in [-0.1, -0.05) is 55.8 Å². The number of benzene rings is 2. The van der Waals surface area contributed by atoms with Crippen molar-refractivity contribution in [2.24, 2.45) is 0 Å². The fraction of sp³-hybridized carbons (Fsp3) is 0.409. The van der Waals surface area contributed by atoms with Gasteiger partial charge in [0.2, 0.25) is 15.9 Å². The molecule has 158 valence electrons. The van der Waals surface area contributed by atoms with E-state index in [-0.39, 0.29) is 11.9 Å². The van der Waals surface area contributed by atoms with Crippen LogP contribution in [0.1, 0.15) is 49.9 Å². The van der Waals surface area contributed by atoms with Crippen molar-refractivity contribution in [3.05, 3.63) is 64.2 Å². The third kappa shape index (κ3) is 5.73. The van der Waals surface area contributed by atoms with E-state index < -0.39 is 16.1 Å². The minimum absolute atomic E-state index is 0.245. The molecule has 1 amide bonds. The number of carbonyl (C=O) groups excluding carboxylic acids is 1. The maximum atomic E-state index is 13.0. The molecule has 0 saturated heterocycles. The topological polar surface area (TPSA) is 66.5 Å². The highest BCUT2D eigenvalue weighted by Crippen LogP contribution is 2.28. The van der Waals surface area contributed by atoms with Crippen molar-refractivity contribution < 1.29 is 13.2 Å². The van der Waals surface area contributed by atoms with E-state index in [0.29, 0.717) is 17.1 Å². The highest BCUT2D eigenvalue weighted by molar-refractivity contribution is 7.92. The van der Waals surface area contributed by atoms with Gasteiger partial charge in [-0.2, -0.15) is 0 Å². The molecular formula is C22H29ClN2O3S. The number of carbonyl (C=O) groups is 1. The first kappa shape index (κ1) is 23.2. The largest absolute Gasteiger partial charge is 0.348 e. The number of nitrogens with zero attached hydrogens (tertiary/aromatic N) is 1. The zero-order valence-corrected chi connectivity index (χ0v) is 19.1. The number of aryl methyl sites for hydroxylation is 2. The van der Waals surface area contributed by atoms with Gasteiger partial charge < -0.3 is 5.32 Å². The molecule has 0 heterocycles. The van der Waals surface area contributed by atoms with Crippen LogP contribution < -0.4 is 9.62 Å². The minimum atomic E-state index is -3.70. The molecule has 2 atom stereocenters. The summed E-state index contributed by atoms with van der Waals surface area (Å²) in [5, 5.41) is 3.41. The highest BCUT2D eigenvalue weighted by Gasteiger charge is 2.32. The molecule has 0 aliphatic heterocycles. The van der Waals surface area contributed by atoms with Crippen LogP contribution in [0.25, 0.3) is 0 Å². The third-order valence-corrected chi connectivity index (χ3v) is 6.57. The van der Waals surface area contributed by atoms with Gasteiger partial charge in [0.1, 0.15) is 6.04 Å². The molecule has 0 spiro atoms. The van der Waals surface area contributed by atoms with Crippen molar-refractivity contribution >= 4 is 33.2 Å². The lowest BCUT2D eigenvalue weighted by atomic mass is 10.0. The maximum absolute atomic E-state index is 13.0. The van der Waals surface area contributed by atoms with E-state index in [2.05, 4.69) is 12.2 Å². The monoisotopic (exact) mass is 436 g/mol. The second kappa shape index (κ2) is 9.63. The van der Waals surface area contributed by atoms with Gasteiger partial charge in [-0.25, -0.2) is 8.42 Å². The van der Waals surface area contributed by atoms with Crippen LogP contribution in [0.15, 0.2) is 42.5 Å². The van der Waals surface area contributed by atoms with Crippen LogP contribution in [0.4, 0.5) is 5.69 Å². The molecule has 0 saturated carbocycles. The number of sulfonamides is 1. The fourth-order valence-corrected chi connectivity index (χ4v) is 4.59. The Morgan fingerprint density at radius 1 is 1.14 bits per heavy atom. The van der Waals surface area contributed by atoms with Gasteiger partial charge in [0.15, 0.2) is 0 Å². The molecule has 5 nitrogen and oxygen atoms in total. The molecule has 0 radical (unpaired) electrons. The molecule has 0 fully saturated rings. The van der Waals surface area contributed by atoms with Gasteiger partial charge in [0.05, 0.1) is 18.0 Å². The van der Waals surface area contributed by atoms with E-state index in [1.807, 2.05) is 38.1 Å². The van der Waals surface area contributed by atoms with Crippen LogP contribution in [-0.4, -0.2) is 26.6 Å². The van der Waals surface area contributed by atoms with E-state index in [4.69, 9.17) is 11.6 Å². The quantitative estimate of drug-likeness (QED) is 0.655. The van der Waals surface area contributed by atoms with Crippen molar-refractivity contribution in [2.45, 2.75) is 52.6 Å². The van der Waals surface area contributed by atoms with Crippen LogP contribution in [0.5, 0.6) is 0 Å². The van der Waals surface area contributed by atoms with E-state index in [0.717, 1.165) is 28.1 Å². The lowest BCUT2D eigenvalue weighted by Crippen LogP contribution is -2.49. The van der Waals surface area contributed by atoms with Crippen molar-refractivity contribution in [3.63, 3.8) is 0 Å². The van der Waals surface area contributed by atoms with E-state index in [1.165, 1.54) is 5.56 Å². The summed E-state index contributed by atoms with van der Waals surface area (Å²) in [4.78, 5) is 13.0. The van der Waals surface area contributed by atoms with Gasteiger partial charge in [0, 0.05) is 5.02 Å². The van der Waals surface area contributed by atoms with Gasteiger partial charge in [-0.3, -0.25) is 9.10 Å². The first-order chi connectivity index (χ1) is 13.6. The highest BCUT2D eigenvalue weighted by atomic mass is 35.5. The molecule has 2 aromatic rings. The second-order valence-corrected chi connectivity index (χ2v) is 9.51. The zero-order valence-electron chi connectivity index (χ0n) is 17.6. The summed E-state index contributed by atoms with van der Waals surface area (Å²) in [5.41, 5.74) is 3.41. The summed E-state index contributed by atoms with van der Waals surface area (Å²) < 4.78 is 26.3. The van der Waals surface area contributed by atoms with Crippen LogP contribution in [0.2, 0.25) is 5.02 Å². The second-order valence-electron chi connectivity index (χ2n) is 7.24. The lowest BCUT2D eigenvalue weighted by Gasteiger charge is -2.31. The van der Waals surface area contributed by atoms with E-state index >= 15 is 0 Å². The first-order valence-electron chi connectivity index (χ1n) is 9.73. The van der Waals surface area contributed by atoms with Gasteiger partial charge >= 0.3 is 0 Å². The summed E-state index contributed by atoms with van der Waals surface area (Å²) in [5.74, 6) is -0.346. The number of hydrogen-bond donors (Lipinski definition) is 1. The molecule has 0 aliphatic carbocycles. The molecule has 0 unspecified atom stereocenters. The molecular weight excluding hydrogens is 408 g/mol. The Morgan fingerprint density at radius 3 is 2.24 bits per heavy atom. The molecule has 0 bridgehead atoms. The molecule has 29 heavy (non-hydrogen) atoms. The summed E-state index contributed by atoms with van der Waals surface area (Å²) in [7, 11) is -3.70. The molecule has 0 aliphatic rings. The van der Waals surface area contributed by atoms with Crippen LogP contribution >= 0.6 is 11.6 Å². The molecule has 0 aromatic heterocycles. The fourth-order valence-electron chi connectivity index (χ4n) is 3.21. The maximum Gasteiger partial charge on any atom is 0.244 e. The minimum Gasteiger partial charge on any atom is -0.348 e. The van der Waals surface area contributed by atoms with Crippen LogP contribution in [0.3, 0.4) is 0 Å². The number of rotatable bonds is 8. The number of hydrogen-bond acceptors (Lipinski definition) is 3. The Morgan fingerprint density at radius 2 is 1.76 bits per heavy atom. The van der Waals surface area contributed by atoms with Crippen molar-refractivity contribution in [1.29, 1.82) is 0 Å². The van der Waals surface area contributed by atoms with E-state index in [9.17, 15) is 13.2 Å². The van der Waals surface area contributed by atoms with E-state index in [1.54, 1.807) is 25.1 Å². The number of halogens is 1. The smallest absolute Gasteiger partial charge is 0.244 e. The lowest BCUT2D eigenvalue weighted by molar-refractivity contribution is -0.122. The molecule has 2 rings (SSSR count). The predicted octanol–water partition coefficient (Wildman–Crippen LogP) is 4.63. The SMILES string of the molecule is CCc1ccc([C@@H](C)NC(=O)[C@@H](CC)N(c2ccc(C)c(Cl)c2)S(C)(=O)=O)cc1. The number of nitrogens with one attached hydrogen (secondary N) is 1. The average Bonchev–Trinajstić information content (AvgIpc) is 2.67. The van der Waals surface area contributed by atoms with Crippen molar-refractivity contribution in [1.82, 2.24) is 5.32 Å². The Kier molecular flexibility index (Phi) is 7.72. The summed E-state index contributed by atoms with van der Waals surface area (Å²) in [6.45, 7) is 7.60. The Balaban J connectivity index is 2.30. The summed E-state index contributed by atoms with van der Waals surface area (Å²) >= 11 is 6.20. The Labute approximate surface area is 179 Å². The third-order valence-electron chi connectivity index (χ3n) is 4.99. The molecule has 2 aromatic carbocycles. The Bertz CT molecular complexity index is 959. The van der Waals surface area contributed by atoms with Gasteiger partial charge in [-0.15, -0.1) is 0 Å². The van der Waals surface area contributed by atoms with Gasteiger partial charge in [-0.05, 0) is 55.5 Å². The van der Waals surface area contributed by atoms with Crippen molar-refractivity contribution in [3.8, 4) is 0 Å². The van der Waals surface area contributed by atoms with Crippen LogP contribution in [0, 0.1) is 6.92 Å². The van der Waals surface area contributed by atoms with Crippen LogP contribution in [-0.2, 0) is 21.2 Å². The van der Waals surface area contributed by atoms with Gasteiger partial charge in [0.25, 0.3) is 0 Å². The average molecular weight is 437 g/mol. The van der Waals surface area contributed by atoms with Crippen molar-refractivity contribution in [2.75, 3.05) is 10.6 Å². The zero-order chi connectivity index (χ0) is 21.8.